The van der Waals surface area contributed by atoms with Gasteiger partial charge in [-0.2, -0.15) is 0 Å². The van der Waals surface area contributed by atoms with Gasteiger partial charge in [0.15, 0.2) is 0 Å². The van der Waals surface area contributed by atoms with Crippen LogP contribution in [0.3, 0.4) is 0 Å². The average molecular weight is 120 g/mol. The molecule has 0 aromatic heterocycles. The fourth-order valence-corrected chi connectivity index (χ4v) is 0.309. The third-order valence-corrected chi connectivity index (χ3v) is 0.648. The van der Waals surface area contributed by atoms with E-state index in [9.17, 15) is 0 Å². The molecule has 3 heteroatoms. The molecule has 0 saturated heterocycles. The average Bonchev–Trinajstić information content (AvgIpc) is 1.81. The van der Waals surface area contributed by atoms with Crippen LogP contribution in [-0.4, -0.2) is 32.2 Å². The van der Waals surface area contributed by atoms with Crippen molar-refractivity contribution in [2.45, 2.75) is 6.42 Å². The van der Waals surface area contributed by atoms with Gasteiger partial charge in [-0.05, 0) is 6.42 Å². The zero-order chi connectivity index (χ0) is 6.24. The molecule has 3 nitrogen and oxygen atoms in total. The van der Waals surface area contributed by atoms with Crippen molar-refractivity contribution in [3.8, 4) is 0 Å². The van der Waals surface area contributed by atoms with Crippen LogP contribution in [0.4, 0.5) is 0 Å². The van der Waals surface area contributed by atoms with Crippen LogP contribution in [0.15, 0.2) is 0 Å². The van der Waals surface area contributed by atoms with E-state index in [1.165, 1.54) is 0 Å². The summed E-state index contributed by atoms with van der Waals surface area (Å²) < 4.78 is 9.43. The molecule has 0 aliphatic heterocycles. The summed E-state index contributed by atoms with van der Waals surface area (Å²) in [6.45, 7) is 1.08. The highest BCUT2D eigenvalue weighted by molar-refractivity contribution is 4.26. The minimum absolute atomic E-state index is 0.184. The summed E-state index contributed by atoms with van der Waals surface area (Å²) in [7, 11) is 1.57. The lowest BCUT2D eigenvalue weighted by molar-refractivity contribution is -0.0339. The quantitative estimate of drug-likeness (QED) is 0.409. The van der Waals surface area contributed by atoms with E-state index >= 15 is 0 Å². The van der Waals surface area contributed by atoms with Crippen molar-refractivity contribution < 1.29 is 14.6 Å². The third kappa shape index (κ3) is 5.88. The number of rotatable bonds is 5. The molecule has 0 unspecified atom stereocenters. The van der Waals surface area contributed by atoms with Crippen molar-refractivity contribution in [2.24, 2.45) is 0 Å². The molecule has 8 heavy (non-hydrogen) atoms. The smallest absolute Gasteiger partial charge is 0.146 e. The molecule has 0 aromatic carbocycles. The fraction of sp³-hybridized carbons (Fsp3) is 1.00. The third-order valence-electron chi connectivity index (χ3n) is 0.648. The van der Waals surface area contributed by atoms with Gasteiger partial charge in [-0.15, -0.1) is 0 Å². The summed E-state index contributed by atoms with van der Waals surface area (Å²) in [5.41, 5.74) is 0. The van der Waals surface area contributed by atoms with Crippen LogP contribution in [0.25, 0.3) is 0 Å². The second-order valence-electron chi connectivity index (χ2n) is 1.39. The van der Waals surface area contributed by atoms with Gasteiger partial charge in [0.1, 0.15) is 6.79 Å². The molecule has 50 valence electrons. The van der Waals surface area contributed by atoms with Crippen LogP contribution in [0.5, 0.6) is 0 Å². The Labute approximate surface area is 49.2 Å². The van der Waals surface area contributed by atoms with Crippen LogP contribution >= 0.6 is 0 Å². The van der Waals surface area contributed by atoms with Crippen molar-refractivity contribution in [1.29, 1.82) is 0 Å². The molecule has 0 atom stereocenters. The Bertz CT molecular complexity index is 32.7. The van der Waals surface area contributed by atoms with E-state index in [4.69, 9.17) is 9.84 Å². The van der Waals surface area contributed by atoms with Gasteiger partial charge in [0.2, 0.25) is 0 Å². The zero-order valence-corrected chi connectivity index (χ0v) is 5.09. The van der Waals surface area contributed by atoms with Crippen molar-refractivity contribution >= 4 is 0 Å². The predicted octanol–water partition coefficient (Wildman–Crippen LogP) is -0.0107. The van der Waals surface area contributed by atoms with Gasteiger partial charge in [0, 0.05) is 13.7 Å². The molecule has 0 aliphatic rings. The highest BCUT2D eigenvalue weighted by atomic mass is 16.7. The fourth-order valence-electron chi connectivity index (χ4n) is 0.309. The van der Waals surface area contributed by atoms with E-state index < -0.39 is 0 Å². The maximum absolute atomic E-state index is 8.24. The molecule has 0 saturated carbocycles. The Balaban J connectivity index is 2.53. The van der Waals surface area contributed by atoms with Gasteiger partial charge < -0.3 is 14.6 Å². The molecule has 0 heterocycles. The minimum Gasteiger partial charge on any atom is -0.396 e. The Hall–Kier alpha value is -0.120. The second kappa shape index (κ2) is 6.88. The Morgan fingerprint density at radius 3 is 2.75 bits per heavy atom. The lowest BCUT2D eigenvalue weighted by Gasteiger charge is -1.98. The Morgan fingerprint density at radius 1 is 1.50 bits per heavy atom. The van der Waals surface area contributed by atoms with E-state index in [1.54, 1.807) is 7.11 Å². The van der Waals surface area contributed by atoms with Gasteiger partial charge in [0.25, 0.3) is 0 Å². The highest BCUT2D eigenvalue weighted by Crippen LogP contribution is 1.79. The van der Waals surface area contributed by atoms with E-state index in [0.29, 0.717) is 19.8 Å². The first-order chi connectivity index (χ1) is 3.91. The molecule has 0 fully saturated rings. The Kier molecular flexibility index (Phi) is 6.78. The lowest BCUT2D eigenvalue weighted by atomic mass is 10.5. The molecule has 0 rings (SSSR count). The summed E-state index contributed by atoms with van der Waals surface area (Å²) in [6, 6.07) is 0. The number of hydrogen-bond acceptors (Lipinski definition) is 3. The molecule has 0 aromatic rings. The molecule has 1 N–H and O–H groups in total. The van der Waals surface area contributed by atoms with Crippen LogP contribution < -0.4 is 0 Å². The number of aliphatic hydroxyl groups excluding tert-OH is 1. The number of ether oxygens (including phenoxy) is 2. The van der Waals surface area contributed by atoms with Crippen molar-refractivity contribution in [3.05, 3.63) is 0 Å². The maximum Gasteiger partial charge on any atom is 0.146 e. The Morgan fingerprint density at radius 2 is 2.25 bits per heavy atom. The van der Waals surface area contributed by atoms with Gasteiger partial charge in [-0.3, -0.25) is 0 Å². The zero-order valence-electron chi connectivity index (χ0n) is 5.09. The van der Waals surface area contributed by atoms with Gasteiger partial charge in [-0.1, -0.05) is 0 Å². The molecule has 0 radical (unpaired) electrons. The summed E-state index contributed by atoms with van der Waals surface area (Å²) in [4.78, 5) is 0. The summed E-state index contributed by atoms with van der Waals surface area (Å²) in [5, 5.41) is 8.24. The van der Waals surface area contributed by atoms with Crippen LogP contribution in [0, 0.1) is 0 Å². The summed E-state index contributed by atoms with van der Waals surface area (Å²) >= 11 is 0. The monoisotopic (exact) mass is 120 g/mol. The van der Waals surface area contributed by atoms with E-state index in [1.807, 2.05) is 0 Å². The minimum atomic E-state index is 0.184. The van der Waals surface area contributed by atoms with E-state index in [-0.39, 0.29) is 6.61 Å². The highest BCUT2D eigenvalue weighted by Gasteiger charge is 1.82. The van der Waals surface area contributed by atoms with Crippen LogP contribution in [-0.2, 0) is 9.47 Å². The van der Waals surface area contributed by atoms with Gasteiger partial charge in [-0.25, -0.2) is 0 Å². The molecule has 0 spiro atoms. The first-order valence-electron chi connectivity index (χ1n) is 2.59. The topological polar surface area (TPSA) is 38.7 Å². The molecule has 0 bridgehead atoms. The van der Waals surface area contributed by atoms with Crippen molar-refractivity contribution in [2.75, 3.05) is 27.1 Å². The van der Waals surface area contributed by atoms with E-state index in [0.717, 1.165) is 0 Å². The summed E-state index contributed by atoms with van der Waals surface area (Å²) in [5.74, 6) is 0. The van der Waals surface area contributed by atoms with Gasteiger partial charge >= 0.3 is 0 Å². The molecule has 0 amide bonds. The number of methoxy groups -OCH3 is 1. The first-order valence-corrected chi connectivity index (χ1v) is 2.59. The number of hydrogen-bond donors (Lipinski definition) is 1. The maximum atomic E-state index is 8.24. The predicted molar refractivity (Wildman–Crippen MR) is 29.5 cm³/mol. The molecular weight excluding hydrogens is 108 g/mol. The van der Waals surface area contributed by atoms with Crippen molar-refractivity contribution in [1.82, 2.24) is 0 Å². The number of aliphatic hydroxyl groups is 1. The van der Waals surface area contributed by atoms with Gasteiger partial charge in [0.05, 0.1) is 6.61 Å². The van der Waals surface area contributed by atoms with Crippen LogP contribution in [0.2, 0.25) is 0 Å². The van der Waals surface area contributed by atoms with E-state index in [2.05, 4.69) is 4.74 Å². The van der Waals surface area contributed by atoms with Crippen molar-refractivity contribution in [3.63, 3.8) is 0 Å². The second-order valence-corrected chi connectivity index (χ2v) is 1.39. The largest absolute Gasteiger partial charge is 0.396 e. The first kappa shape index (κ1) is 7.88. The lowest BCUT2D eigenvalue weighted by Crippen LogP contribution is -1.99. The van der Waals surface area contributed by atoms with Crippen LogP contribution in [0.1, 0.15) is 6.42 Å². The SMILES string of the molecule is COCOCCCO. The summed E-state index contributed by atoms with van der Waals surface area (Å²) in [6.07, 6.45) is 0.684. The standard InChI is InChI=1S/C5H12O3/c1-7-5-8-4-2-3-6/h6H,2-5H2,1H3. The molecular formula is C5H12O3. The normalized spacial score (nSPS) is 9.75. The molecule has 0 aliphatic carbocycles.